The number of hydrogen-bond acceptors (Lipinski definition) is 2. The van der Waals surface area contributed by atoms with E-state index in [1.54, 1.807) is 4.90 Å². The molecule has 5 heteroatoms. The summed E-state index contributed by atoms with van der Waals surface area (Å²) < 4.78 is 0. The van der Waals surface area contributed by atoms with Crippen LogP contribution in [-0.2, 0) is 22.6 Å². The first-order valence-corrected chi connectivity index (χ1v) is 12.2. The van der Waals surface area contributed by atoms with E-state index in [-0.39, 0.29) is 24.3 Å². The predicted octanol–water partition coefficient (Wildman–Crippen LogP) is 5.76. The van der Waals surface area contributed by atoms with Crippen LogP contribution in [0.3, 0.4) is 0 Å². The Hall–Kier alpha value is -2.33. The lowest BCUT2D eigenvalue weighted by molar-refractivity contribution is -0.141. The molecule has 1 fully saturated rings. The van der Waals surface area contributed by atoms with Crippen LogP contribution in [0.4, 0.5) is 0 Å². The third-order valence-corrected chi connectivity index (χ3v) is 6.93. The van der Waals surface area contributed by atoms with Gasteiger partial charge in [-0.05, 0) is 61.4 Å². The van der Waals surface area contributed by atoms with Crippen LogP contribution in [0.25, 0.3) is 0 Å². The Bertz CT molecular complexity index is 937. The van der Waals surface area contributed by atoms with Crippen LogP contribution in [0.5, 0.6) is 0 Å². The number of benzene rings is 2. The second-order valence-electron chi connectivity index (χ2n) is 8.98. The van der Waals surface area contributed by atoms with Crippen molar-refractivity contribution in [2.24, 2.45) is 0 Å². The van der Waals surface area contributed by atoms with Crippen molar-refractivity contribution < 1.29 is 9.59 Å². The first kappa shape index (κ1) is 24.3. The van der Waals surface area contributed by atoms with E-state index in [0.29, 0.717) is 18.0 Å². The number of halogens is 1. The molecule has 32 heavy (non-hydrogen) atoms. The van der Waals surface area contributed by atoms with Gasteiger partial charge < -0.3 is 10.2 Å². The van der Waals surface area contributed by atoms with Gasteiger partial charge in [0.25, 0.3) is 0 Å². The summed E-state index contributed by atoms with van der Waals surface area (Å²) in [7, 11) is 0. The topological polar surface area (TPSA) is 49.4 Å². The largest absolute Gasteiger partial charge is 0.352 e. The van der Waals surface area contributed by atoms with E-state index in [9.17, 15) is 9.59 Å². The maximum absolute atomic E-state index is 13.5. The summed E-state index contributed by atoms with van der Waals surface area (Å²) >= 11 is 6.42. The zero-order valence-corrected chi connectivity index (χ0v) is 20.3. The maximum Gasteiger partial charge on any atom is 0.243 e. The van der Waals surface area contributed by atoms with Gasteiger partial charge in [0, 0.05) is 17.6 Å². The molecule has 0 bridgehead atoms. The minimum atomic E-state index is -0.521. The Kier molecular flexibility index (Phi) is 8.75. The average molecular weight is 455 g/mol. The number of hydrogen-bond donors (Lipinski definition) is 1. The summed E-state index contributed by atoms with van der Waals surface area (Å²) in [5.41, 5.74) is 4.18. The summed E-state index contributed by atoms with van der Waals surface area (Å²) in [5, 5.41) is 3.83. The van der Waals surface area contributed by atoms with Gasteiger partial charge in [-0.2, -0.15) is 0 Å². The van der Waals surface area contributed by atoms with Gasteiger partial charge in [-0.1, -0.05) is 74.2 Å². The van der Waals surface area contributed by atoms with Crippen molar-refractivity contribution in [3.63, 3.8) is 0 Å². The fourth-order valence-electron chi connectivity index (χ4n) is 4.46. The molecule has 0 unspecified atom stereocenters. The van der Waals surface area contributed by atoms with E-state index in [1.165, 1.54) is 12.0 Å². The highest BCUT2D eigenvalue weighted by Gasteiger charge is 2.30. The number of nitrogens with one attached hydrogen (secondary N) is 1. The first-order chi connectivity index (χ1) is 15.4. The van der Waals surface area contributed by atoms with Gasteiger partial charge in [-0.15, -0.1) is 0 Å². The first-order valence-electron chi connectivity index (χ1n) is 11.8. The van der Waals surface area contributed by atoms with Gasteiger partial charge in [0.1, 0.15) is 6.04 Å². The van der Waals surface area contributed by atoms with Crippen molar-refractivity contribution in [2.45, 2.75) is 84.3 Å². The molecule has 1 N–H and O–H groups in total. The molecule has 1 saturated carbocycles. The minimum absolute atomic E-state index is 0.0557. The van der Waals surface area contributed by atoms with E-state index in [2.05, 4.69) is 25.2 Å². The van der Waals surface area contributed by atoms with Crippen molar-refractivity contribution in [1.29, 1.82) is 0 Å². The zero-order valence-electron chi connectivity index (χ0n) is 19.5. The molecule has 2 amide bonds. The van der Waals surface area contributed by atoms with Gasteiger partial charge in [-0.3, -0.25) is 9.59 Å². The molecule has 0 aliphatic heterocycles. The molecule has 2 aromatic rings. The smallest absolute Gasteiger partial charge is 0.243 e. The number of amides is 2. The lowest BCUT2D eigenvalue weighted by Crippen LogP contribution is -2.52. The summed E-state index contributed by atoms with van der Waals surface area (Å²) in [6.45, 7) is 6.40. The van der Waals surface area contributed by atoms with Crippen molar-refractivity contribution in [1.82, 2.24) is 10.2 Å². The van der Waals surface area contributed by atoms with Crippen LogP contribution >= 0.6 is 11.6 Å². The van der Waals surface area contributed by atoms with E-state index in [4.69, 9.17) is 11.6 Å². The van der Waals surface area contributed by atoms with Crippen LogP contribution in [0.15, 0.2) is 42.5 Å². The molecule has 172 valence electrons. The van der Waals surface area contributed by atoms with Crippen LogP contribution in [-0.4, -0.2) is 28.8 Å². The SMILES string of the molecule is CC[C@@H](C(=O)NC1CCCCC1)N(Cc1ccccc1Cl)C(=O)Cc1ccc(C)c(C)c1. The summed E-state index contributed by atoms with van der Waals surface area (Å²) in [6.07, 6.45) is 6.39. The molecule has 1 aliphatic rings. The van der Waals surface area contributed by atoms with Gasteiger partial charge in [-0.25, -0.2) is 0 Å². The van der Waals surface area contributed by atoms with Crippen LogP contribution in [0.1, 0.15) is 67.7 Å². The van der Waals surface area contributed by atoms with Crippen LogP contribution in [0.2, 0.25) is 5.02 Å². The Morgan fingerprint density at radius 2 is 1.78 bits per heavy atom. The van der Waals surface area contributed by atoms with Gasteiger partial charge >= 0.3 is 0 Å². The molecule has 3 rings (SSSR count). The van der Waals surface area contributed by atoms with Crippen molar-refractivity contribution in [2.75, 3.05) is 0 Å². The van der Waals surface area contributed by atoms with Gasteiger partial charge in [0.05, 0.1) is 6.42 Å². The molecule has 0 radical (unpaired) electrons. The van der Waals surface area contributed by atoms with Crippen molar-refractivity contribution in [3.05, 3.63) is 69.7 Å². The van der Waals surface area contributed by atoms with Crippen LogP contribution < -0.4 is 5.32 Å². The normalized spacial score (nSPS) is 15.2. The lowest BCUT2D eigenvalue weighted by atomic mass is 9.95. The Morgan fingerprint density at radius 1 is 1.06 bits per heavy atom. The van der Waals surface area contributed by atoms with Gasteiger partial charge in [0.2, 0.25) is 11.8 Å². The highest BCUT2D eigenvalue weighted by molar-refractivity contribution is 6.31. The Labute approximate surface area is 197 Å². The second-order valence-corrected chi connectivity index (χ2v) is 9.38. The fraction of sp³-hybridized carbons (Fsp3) is 0.481. The van der Waals surface area contributed by atoms with E-state index in [0.717, 1.165) is 42.4 Å². The third-order valence-electron chi connectivity index (χ3n) is 6.56. The lowest BCUT2D eigenvalue weighted by Gasteiger charge is -2.33. The zero-order chi connectivity index (χ0) is 23.1. The predicted molar refractivity (Wildman–Crippen MR) is 131 cm³/mol. The summed E-state index contributed by atoms with van der Waals surface area (Å²) in [4.78, 5) is 28.5. The fourth-order valence-corrected chi connectivity index (χ4v) is 4.66. The van der Waals surface area contributed by atoms with Crippen LogP contribution in [0, 0.1) is 13.8 Å². The molecule has 0 aromatic heterocycles. The number of rotatable bonds is 8. The number of carbonyl (C=O) groups excluding carboxylic acids is 2. The molecular formula is C27H35ClN2O2. The molecule has 1 aliphatic carbocycles. The Morgan fingerprint density at radius 3 is 2.44 bits per heavy atom. The molecule has 0 saturated heterocycles. The Balaban J connectivity index is 1.83. The molecule has 0 heterocycles. The maximum atomic E-state index is 13.5. The molecule has 0 spiro atoms. The number of aryl methyl sites for hydroxylation is 2. The monoisotopic (exact) mass is 454 g/mol. The number of nitrogens with zero attached hydrogens (tertiary/aromatic N) is 1. The highest BCUT2D eigenvalue weighted by atomic mass is 35.5. The number of carbonyl (C=O) groups is 2. The summed E-state index contributed by atoms with van der Waals surface area (Å²) in [5.74, 6) is -0.112. The van der Waals surface area contributed by atoms with Crippen molar-refractivity contribution in [3.8, 4) is 0 Å². The van der Waals surface area contributed by atoms with Gasteiger partial charge in [0.15, 0.2) is 0 Å². The third kappa shape index (κ3) is 6.35. The highest BCUT2D eigenvalue weighted by Crippen LogP contribution is 2.22. The van der Waals surface area contributed by atoms with E-state index >= 15 is 0 Å². The van der Waals surface area contributed by atoms with E-state index in [1.807, 2.05) is 43.3 Å². The second kappa shape index (κ2) is 11.5. The summed E-state index contributed by atoms with van der Waals surface area (Å²) in [6, 6.07) is 13.3. The molecule has 4 nitrogen and oxygen atoms in total. The molecule has 1 atom stereocenters. The van der Waals surface area contributed by atoms with E-state index < -0.39 is 6.04 Å². The average Bonchev–Trinajstić information content (AvgIpc) is 2.78. The molecule has 2 aromatic carbocycles. The molecular weight excluding hydrogens is 420 g/mol. The van der Waals surface area contributed by atoms with Crippen molar-refractivity contribution >= 4 is 23.4 Å². The quantitative estimate of drug-likeness (QED) is 0.551. The standard InChI is InChI=1S/C27H35ClN2O2/c1-4-25(27(32)29-23-11-6-5-7-12-23)30(18-22-10-8-9-13-24(22)28)26(31)17-21-15-14-19(2)20(3)16-21/h8-10,13-16,23,25H,4-7,11-12,17-18H2,1-3H3,(H,29,32)/t25-/m0/s1. The minimum Gasteiger partial charge on any atom is -0.352 e.